The monoisotopic (exact) mass is 250 g/mol. The summed E-state index contributed by atoms with van der Waals surface area (Å²) in [5, 5.41) is 11.8. The molecule has 0 saturated heterocycles. The predicted molar refractivity (Wildman–Crippen MR) is 75.6 cm³/mol. The lowest BCUT2D eigenvalue weighted by Crippen LogP contribution is -1.91. The second kappa shape index (κ2) is 4.78. The Morgan fingerprint density at radius 3 is 2.37 bits per heavy atom. The fourth-order valence-electron chi connectivity index (χ4n) is 2.11. The molecule has 1 aromatic heterocycles. The molecule has 19 heavy (non-hydrogen) atoms. The summed E-state index contributed by atoms with van der Waals surface area (Å²) in [4.78, 5) is 8.50. The SMILES string of the molecule is CC(O)c1ccc2cc(-c3ncccn3)ccc2c1. The Bertz CT molecular complexity index is 708. The molecule has 1 heterocycles. The van der Waals surface area contributed by atoms with Crippen LogP contribution in [0.2, 0.25) is 0 Å². The maximum Gasteiger partial charge on any atom is 0.159 e. The fourth-order valence-corrected chi connectivity index (χ4v) is 2.11. The van der Waals surface area contributed by atoms with Gasteiger partial charge in [-0.1, -0.05) is 24.3 Å². The molecule has 0 bridgehead atoms. The number of aliphatic hydroxyl groups excluding tert-OH is 1. The lowest BCUT2D eigenvalue weighted by atomic mass is 10.0. The highest BCUT2D eigenvalue weighted by molar-refractivity contribution is 5.87. The van der Waals surface area contributed by atoms with Crippen LogP contribution < -0.4 is 0 Å². The van der Waals surface area contributed by atoms with E-state index in [0.717, 1.165) is 27.7 Å². The Hall–Kier alpha value is -2.26. The third kappa shape index (κ3) is 2.33. The van der Waals surface area contributed by atoms with Gasteiger partial charge in [0.2, 0.25) is 0 Å². The molecule has 0 aliphatic carbocycles. The first-order chi connectivity index (χ1) is 9.24. The maximum absolute atomic E-state index is 9.60. The number of nitrogens with zero attached hydrogens (tertiary/aromatic N) is 2. The van der Waals surface area contributed by atoms with Gasteiger partial charge in [0, 0.05) is 18.0 Å². The van der Waals surface area contributed by atoms with Gasteiger partial charge in [-0.3, -0.25) is 0 Å². The Morgan fingerprint density at radius 1 is 0.947 bits per heavy atom. The molecule has 1 N–H and O–H groups in total. The molecule has 3 aromatic rings. The maximum atomic E-state index is 9.60. The molecule has 0 saturated carbocycles. The van der Waals surface area contributed by atoms with E-state index in [0.29, 0.717) is 0 Å². The van der Waals surface area contributed by atoms with Gasteiger partial charge in [0.25, 0.3) is 0 Å². The Balaban J connectivity index is 2.10. The van der Waals surface area contributed by atoms with Gasteiger partial charge >= 0.3 is 0 Å². The number of hydrogen-bond donors (Lipinski definition) is 1. The van der Waals surface area contributed by atoms with Gasteiger partial charge in [-0.25, -0.2) is 9.97 Å². The molecule has 94 valence electrons. The van der Waals surface area contributed by atoms with E-state index in [1.54, 1.807) is 25.4 Å². The molecule has 0 amide bonds. The number of aromatic nitrogens is 2. The van der Waals surface area contributed by atoms with Gasteiger partial charge < -0.3 is 5.11 Å². The summed E-state index contributed by atoms with van der Waals surface area (Å²) in [6.07, 6.45) is 3.04. The Labute approximate surface area is 111 Å². The van der Waals surface area contributed by atoms with Gasteiger partial charge in [0.05, 0.1) is 6.10 Å². The molecule has 3 rings (SSSR count). The average molecular weight is 250 g/mol. The van der Waals surface area contributed by atoms with Gasteiger partial charge in [-0.2, -0.15) is 0 Å². The molecule has 0 radical (unpaired) electrons. The fraction of sp³-hybridized carbons (Fsp3) is 0.125. The van der Waals surface area contributed by atoms with Crippen LogP contribution in [-0.4, -0.2) is 15.1 Å². The summed E-state index contributed by atoms with van der Waals surface area (Å²) in [6, 6.07) is 13.9. The number of hydrogen-bond acceptors (Lipinski definition) is 3. The van der Waals surface area contributed by atoms with E-state index < -0.39 is 6.10 Å². The third-order valence-corrected chi connectivity index (χ3v) is 3.17. The molecule has 1 atom stereocenters. The number of rotatable bonds is 2. The minimum atomic E-state index is -0.443. The normalized spacial score (nSPS) is 12.5. The molecule has 2 aromatic carbocycles. The summed E-state index contributed by atoms with van der Waals surface area (Å²) >= 11 is 0. The van der Waals surface area contributed by atoms with Crippen molar-refractivity contribution in [3.05, 3.63) is 60.4 Å². The second-order valence-electron chi connectivity index (χ2n) is 4.57. The van der Waals surface area contributed by atoms with Crippen molar-refractivity contribution in [1.29, 1.82) is 0 Å². The molecule has 0 spiro atoms. The van der Waals surface area contributed by atoms with Crippen molar-refractivity contribution in [1.82, 2.24) is 9.97 Å². The number of fused-ring (bicyclic) bond motifs is 1. The van der Waals surface area contributed by atoms with Crippen LogP contribution in [0.5, 0.6) is 0 Å². The van der Waals surface area contributed by atoms with E-state index in [9.17, 15) is 5.11 Å². The lowest BCUT2D eigenvalue weighted by Gasteiger charge is -2.07. The summed E-state index contributed by atoms with van der Waals surface area (Å²) in [5.41, 5.74) is 1.93. The zero-order chi connectivity index (χ0) is 13.2. The number of benzene rings is 2. The van der Waals surface area contributed by atoms with E-state index >= 15 is 0 Å². The van der Waals surface area contributed by atoms with Gasteiger partial charge in [0.1, 0.15) is 0 Å². The molecule has 0 aliphatic rings. The third-order valence-electron chi connectivity index (χ3n) is 3.17. The van der Waals surface area contributed by atoms with Crippen molar-refractivity contribution in [2.45, 2.75) is 13.0 Å². The van der Waals surface area contributed by atoms with Crippen LogP contribution in [0.1, 0.15) is 18.6 Å². The summed E-state index contributed by atoms with van der Waals surface area (Å²) < 4.78 is 0. The first-order valence-electron chi connectivity index (χ1n) is 6.23. The zero-order valence-corrected chi connectivity index (χ0v) is 10.6. The van der Waals surface area contributed by atoms with Crippen LogP contribution in [0.25, 0.3) is 22.2 Å². The van der Waals surface area contributed by atoms with E-state index in [-0.39, 0.29) is 0 Å². The van der Waals surface area contributed by atoms with Crippen LogP contribution >= 0.6 is 0 Å². The average Bonchev–Trinajstić information content (AvgIpc) is 2.47. The van der Waals surface area contributed by atoms with Crippen molar-refractivity contribution in [2.24, 2.45) is 0 Å². The first-order valence-corrected chi connectivity index (χ1v) is 6.23. The van der Waals surface area contributed by atoms with Crippen LogP contribution in [0.3, 0.4) is 0 Å². The van der Waals surface area contributed by atoms with E-state index in [1.165, 1.54) is 0 Å². The molecule has 3 nitrogen and oxygen atoms in total. The Kier molecular flexibility index (Phi) is 2.97. The molecule has 0 aliphatic heterocycles. The van der Waals surface area contributed by atoms with Crippen LogP contribution in [0.15, 0.2) is 54.9 Å². The van der Waals surface area contributed by atoms with Crippen molar-refractivity contribution in [2.75, 3.05) is 0 Å². The van der Waals surface area contributed by atoms with Crippen molar-refractivity contribution in [3.8, 4) is 11.4 Å². The van der Waals surface area contributed by atoms with Gasteiger partial charge in [-0.15, -0.1) is 0 Å². The highest BCUT2D eigenvalue weighted by Crippen LogP contribution is 2.24. The summed E-state index contributed by atoms with van der Waals surface area (Å²) in [5.74, 6) is 0.726. The minimum Gasteiger partial charge on any atom is -0.389 e. The van der Waals surface area contributed by atoms with Crippen LogP contribution in [-0.2, 0) is 0 Å². The van der Waals surface area contributed by atoms with E-state index in [1.807, 2.05) is 30.3 Å². The Morgan fingerprint density at radius 2 is 1.63 bits per heavy atom. The van der Waals surface area contributed by atoms with Crippen molar-refractivity contribution >= 4 is 10.8 Å². The topological polar surface area (TPSA) is 46.0 Å². The summed E-state index contributed by atoms with van der Waals surface area (Å²) in [7, 11) is 0. The second-order valence-corrected chi connectivity index (χ2v) is 4.57. The quantitative estimate of drug-likeness (QED) is 0.758. The smallest absolute Gasteiger partial charge is 0.159 e. The highest BCUT2D eigenvalue weighted by Gasteiger charge is 2.04. The predicted octanol–water partition coefficient (Wildman–Crippen LogP) is 3.35. The summed E-state index contributed by atoms with van der Waals surface area (Å²) in [6.45, 7) is 1.77. The number of aliphatic hydroxyl groups is 1. The standard InChI is InChI=1S/C16H14N2O/c1-11(19)12-3-4-14-10-15(6-5-13(14)9-12)16-17-7-2-8-18-16/h2-11,19H,1H3. The molecule has 0 fully saturated rings. The van der Waals surface area contributed by atoms with E-state index in [2.05, 4.69) is 16.0 Å². The minimum absolute atomic E-state index is 0.443. The largest absolute Gasteiger partial charge is 0.389 e. The van der Waals surface area contributed by atoms with Crippen molar-refractivity contribution in [3.63, 3.8) is 0 Å². The molecular weight excluding hydrogens is 236 g/mol. The van der Waals surface area contributed by atoms with Crippen LogP contribution in [0, 0.1) is 0 Å². The molecular formula is C16H14N2O. The lowest BCUT2D eigenvalue weighted by molar-refractivity contribution is 0.199. The van der Waals surface area contributed by atoms with E-state index in [4.69, 9.17) is 0 Å². The molecule has 3 heteroatoms. The van der Waals surface area contributed by atoms with Gasteiger partial charge in [0.15, 0.2) is 5.82 Å². The van der Waals surface area contributed by atoms with Gasteiger partial charge in [-0.05, 0) is 41.5 Å². The van der Waals surface area contributed by atoms with Crippen LogP contribution in [0.4, 0.5) is 0 Å². The zero-order valence-electron chi connectivity index (χ0n) is 10.6. The highest BCUT2D eigenvalue weighted by atomic mass is 16.3. The van der Waals surface area contributed by atoms with Crippen molar-refractivity contribution < 1.29 is 5.11 Å². The first kappa shape index (κ1) is 11.8. The molecule has 1 unspecified atom stereocenters.